The lowest BCUT2D eigenvalue weighted by molar-refractivity contribution is -0.145. The number of carbonyl (C=O) groups excluding carboxylic acids is 1. The molecule has 1 aromatic rings. The number of ether oxygens (including phenoxy) is 1. The summed E-state index contributed by atoms with van der Waals surface area (Å²) >= 11 is 0. The lowest BCUT2D eigenvalue weighted by atomic mass is 9.94. The summed E-state index contributed by atoms with van der Waals surface area (Å²) < 4.78 is 5.55. The van der Waals surface area contributed by atoms with Gasteiger partial charge >= 0.3 is 5.97 Å². The van der Waals surface area contributed by atoms with Gasteiger partial charge in [-0.05, 0) is 43.6 Å². The molecular formula is C18H24O2. The molecule has 0 aromatic heterocycles. The maximum Gasteiger partial charge on any atom is 0.333 e. The third kappa shape index (κ3) is 4.22. The van der Waals surface area contributed by atoms with Crippen LogP contribution in [0.5, 0.6) is 0 Å². The van der Waals surface area contributed by atoms with E-state index < -0.39 is 0 Å². The van der Waals surface area contributed by atoms with E-state index in [2.05, 4.69) is 25.6 Å². The zero-order valence-electron chi connectivity index (χ0n) is 12.3. The predicted molar refractivity (Wildman–Crippen MR) is 81.6 cm³/mol. The van der Waals surface area contributed by atoms with Gasteiger partial charge in [-0.2, -0.15) is 0 Å². The first-order chi connectivity index (χ1) is 9.66. The van der Waals surface area contributed by atoms with E-state index >= 15 is 0 Å². The van der Waals surface area contributed by atoms with Crippen molar-refractivity contribution in [3.63, 3.8) is 0 Å². The van der Waals surface area contributed by atoms with Gasteiger partial charge in [0, 0.05) is 5.57 Å². The Balaban J connectivity index is 1.83. The molecule has 1 unspecified atom stereocenters. The molecule has 0 aliphatic heterocycles. The van der Waals surface area contributed by atoms with Crippen LogP contribution in [0.3, 0.4) is 0 Å². The van der Waals surface area contributed by atoms with Crippen LogP contribution in [-0.2, 0) is 9.53 Å². The summed E-state index contributed by atoms with van der Waals surface area (Å²) in [6.45, 7) is 6.03. The van der Waals surface area contributed by atoms with Crippen molar-refractivity contribution in [2.45, 2.75) is 57.5 Å². The molecular weight excluding hydrogens is 248 g/mol. The Hall–Kier alpha value is -1.57. The fourth-order valence-electron chi connectivity index (χ4n) is 2.77. The highest BCUT2D eigenvalue weighted by atomic mass is 16.5. The molecule has 0 amide bonds. The number of esters is 1. The summed E-state index contributed by atoms with van der Waals surface area (Å²) in [6.07, 6.45) is 6.39. The summed E-state index contributed by atoms with van der Waals surface area (Å²) in [6, 6.07) is 10.2. The summed E-state index contributed by atoms with van der Waals surface area (Å²) in [4.78, 5) is 12.1. The van der Waals surface area contributed by atoms with E-state index in [-0.39, 0.29) is 12.1 Å². The standard InChI is InChI=1S/C18H24O2/c1-14(16-9-5-3-6-10-16)13-15(2)18(19)20-17-11-7-4-8-12-17/h3,5-6,9-10,14,17H,2,4,7-8,11-13H2,1H3. The van der Waals surface area contributed by atoms with Crippen LogP contribution in [0.4, 0.5) is 0 Å². The number of hydrogen-bond donors (Lipinski definition) is 0. The van der Waals surface area contributed by atoms with Crippen LogP contribution in [0.15, 0.2) is 42.5 Å². The first kappa shape index (κ1) is 14.8. The first-order valence-corrected chi connectivity index (χ1v) is 7.60. The van der Waals surface area contributed by atoms with Gasteiger partial charge in [0.15, 0.2) is 0 Å². The Morgan fingerprint density at radius 3 is 2.55 bits per heavy atom. The molecule has 1 fully saturated rings. The molecule has 1 atom stereocenters. The van der Waals surface area contributed by atoms with Crippen molar-refractivity contribution in [1.29, 1.82) is 0 Å². The highest BCUT2D eigenvalue weighted by Crippen LogP contribution is 2.25. The van der Waals surface area contributed by atoms with Gasteiger partial charge in [-0.15, -0.1) is 0 Å². The SMILES string of the molecule is C=C(CC(C)c1ccccc1)C(=O)OC1CCCCC1. The number of carbonyl (C=O) groups is 1. The van der Waals surface area contributed by atoms with Gasteiger partial charge in [-0.3, -0.25) is 0 Å². The molecule has 0 bridgehead atoms. The molecule has 0 radical (unpaired) electrons. The van der Waals surface area contributed by atoms with Crippen LogP contribution >= 0.6 is 0 Å². The fourth-order valence-corrected chi connectivity index (χ4v) is 2.77. The van der Waals surface area contributed by atoms with Crippen LogP contribution in [0.25, 0.3) is 0 Å². The fraction of sp³-hybridized carbons (Fsp3) is 0.500. The molecule has 0 spiro atoms. The van der Waals surface area contributed by atoms with Crippen molar-refractivity contribution >= 4 is 5.97 Å². The molecule has 20 heavy (non-hydrogen) atoms. The molecule has 0 saturated heterocycles. The summed E-state index contributed by atoms with van der Waals surface area (Å²) in [5.74, 6) is 0.0855. The van der Waals surface area contributed by atoms with E-state index in [0.29, 0.717) is 17.9 Å². The van der Waals surface area contributed by atoms with E-state index in [1.165, 1.54) is 24.8 Å². The van der Waals surface area contributed by atoms with Gasteiger partial charge < -0.3 is 4.74 Å². The van der Waals surface area contributed by atoms with E-state index in [1.54, 1.807) is 0 Å². The van der Waals surface area contributed by atoms with Crippen LogP contribution in [-0.4, -0.2) is 12.1 Å². The van der Waals surface area contributed by atoms with E-state index in [0.717, 1.165) is 12.8 Å². The third-order valence-corrected chi connectivity index (χ3v) is 4.04. The Labute approximate surface area is 121 Å². The molecule has 1 saturated carbocycles. The minimum Gasteiger partial charge on any atom is -0.459 e. The van der Waals surface area contributed by atoms with Gasteiger partial charge in [-0.1, -0.05) is 50.3 Å². The zero-order valence-corrected chi connectivity index (χ0v) is 12.3. The third-order valence-electron chi connectivity index (χ3n) is 4.04. The minimum atomic E-state index is -0.209. The monoisotopic (exact) mass is 272 g/mol. The quantitative estimate of drug-likeness (QED) is 0.578. The zero-order chi connectivity index (χ0) is 14.4. The van der Waals surface area contributed by atoms with E-state index in [1.807, 2.05) is 18.2 Å². The normalized spacial score (nSPS) is 17.4. The van der Waals surface area contributed by atoms with E-state index in [9.17, 15) is 4.79 Å². The molecule has 2 rings (SSSR count). The first-order valence-electron chi connectivity index (χ1n) is 7.60. The second-order valence-corrected chi connectivity index (χ2v) is 5.78. The van der Waals surface area contributed by atoms with Crippen LogP contribution in [0.1, 0.15) is 56.9 Å². The molecule has 1 aromatic carbocycles. The van der Waals surface area contributed by atoms with Crippen molar-refractivity contribution < 1.29 is 9.53 Å². The van der Waals surface area contributed by atoms with E-state index in [4.69, 9.17) is 4.74 Å². The van der Waals surface area contributed by atoms with Crippen LogP contribution in [0, 0.1) is 0 Å². The number of rotatable bonds is 5. The Bertz CT molecular complexity index is 444. The summed E-state index contributed by atoms with van der Waals surface area (Å²) in [5.41, 5.74) is 1.83. The average Bonchev–Trinajstić information content (AvgIpc) is 2.49. The second-order valence-electron chi connectivity index (χ2n) is 5.78. The van der Waals surface area contributed by atoms with Crippen LogP contribution < -0.4 is 0 Å². The largest absolute Gasteiger partial charge is 0.459 e. The molecule has 108 valence electrons. The highest BCUT2D eigenvalue weighted by molar-refractivity contribution is 5.88. The number of benzene rings is 1. The van der Waals surface area contributed by atoms with Crippen LogP contribution in [0.2, 0.25) is 0 Å². The summed E-state index contributed by atoms with van der Waals surface area (Å²) in [7, 11) is 0. The van der Waals surface area contributed by atoms with Crippen molar-refractivity contribution in [2.75, 3.05) is 0 Å². The predicted octanol–water partition coefficient (Wildman–Crippen LogP) is 4.61. The molecule has 2 nitrogen and oxygen atoms in total. The van der Waals surface area contributed by atoms with Gasteiger partial charge in [0.2, 0.25) is 0 Å². The lowest BCUT2D eigenvalue weighted by Gasteiger charge is -2.22. The topological polar surface area (TPSA) is 26.3 Å². The molecule has 0 N–H and O–H groups in total. The molecule has 2 heteroatoms. The summed E-state index contributed by atoms with van der Waals surface area (Å²) in [5, 5.41) is 0. The number of hydrogen-bond acceptors (Lipinski definition) is 2. The average molecular weight is 272 g/mol. The van der Waals surface area contributed by atoms with Crippen molar-refractivity contribution in [2.24, 2.45) is 0 Å². The van der Waals surface area contributed by atoms with Gasteiger partial charge in [-0.25, -0.2) is 4.79 Å². The van der Waals surface area contributed by atoms with Crippen molar-refractivity contribution in [1.82, 2.24) is 0 Å². The minimum absolute atomic E-state index is 0.111. The van der Waals surface area contributed by atoms with Gasteiger partial charge in [0.05, 0.1) is 0 Å². The smallest absolute Gasteiger partial charge is 0.333 e. The molecule has 0 heterocycles. The van der Waals surface area contributed by atoms with Gasteiger partial charge in [0.1, 0.15) is 6.10 Å². The molecule has 1 aliphatic carbocycles. The Kier molecular flexibility index (Phi) is 5.40. The second kappa shape index (κ2) is 7.28. The Morgan fingerprint density at radius 2 is 1.90 bits per heavy atom. The highest BCUT2D eigenvalue weighted by Gasteiger charge is 2.20. The maximum absolute atomic E-state index is 12.1. The van der Waals surface area contributed by atoms with Gasteiger partial charge in [0.25, 0.3) is 0 Å². The molecule has 1 aliphatic rings. The lowest BCUT2D eigenvalue weighted by Crippen LogP contribution is -2.22. The van der Waals surface area contributed by atoms with Crippen molar-refractivity contribution in [3.8, 4) is 0 Å². The maximum atomic E-state index is 12.1. The Morgan fingerprint density at radius 1 is 1.25 bits per heavy atom. The van der Waals surface area contributed by atoms with Crippen molar-refractivity contribution in [3.05, 3.63) is 48.0 Å².